The van der Waals surface area contributed by atoms with Crippen molar-refractivity contribution in [1.82, 2.24) is 0 Å². The first-order valence-corrected chi connectivity index (χ1v) is 7.81. The molecule has 1 aliphatic heterocycles. The van der Waals surface area contributed by atoms with Crippen LogP contribution >= 0.6 is 15.9 Å². The number of benzene rings is 1. The molecule has 1 amide bonds. The molecule has 0 saturated carbocycles. The number of fused-ring (bicyclic) bond motifs is 1. The van der Waals surface area contributed by atoms with E-state index in [0.717, 1.165) is 28.7 Å². The molecule has 2 N–H and O–H groups in total. The maximum atomic E-state index is 12.2. The van der Waals surface area contributed by atoms with Gasteiger partial charge in [-0.15, -0.1) is 0 Å². The average molecular weight is 325 g/mol. The van der Waals surface area contributed by atoms with Gasteiger partial charge in [-0.2, -0.15) is 0 Å². The Balaban J connectivity index is 2.01. The first-order chi connectivity index (χ1) is 9.15. The van der Waals surface area contributed by atoms with Crippen molar-refractivity contribution in [2.75, 3.05) is 11.4 Å². The molecular weight excluding hydrogens is 304 g/mol. The van der Waals surface area contributed by atoms with Crippen molar-refractivity contribution in [1.29, 1.82) is 0 Å². The summed E-state index contributed by atoms with van der Waals surface area (Å²) in [6.07, 6.45) is 5.98. The van der Waals surface area contributed by atoms with Gasteiger partial charge in [0.15, 0.2) is 0 Å². The summed E-state index contributed by atoms with van der Waals surface area (Å²) in [5.74, 6) is 0.0311. The Morgan fingerprint density at radius 1 is 1.26 bits per heavy atom. The van der Waals surface area contributed by atoms with Crippen molar-refractivity contribution in [3.63, 3.8) is 0 Å². The molecule has 1 atom stereocenters. The van der Waals surface area contributed by atoms with E-state index in [2.05, 4.69) is 22.9 Å². The molecular formula is C15H21BrN2O. The number of halogens is 1. The van der Waals surface area contributed by atoms with Gasteiger partial charge in [-0.05, 0) is 18.6 Å². The van der Waals surface area contributed by atoms with Crippen molar-refractivity contribution in [3.8, 4) is 0 Å². The van der Waals surface area contributed by atoms with E-state index < -0.39 is 6.04 Å². The van der Waals surface area contributed by atoms with E-state index in [0.29, 0.717) is 0 Å². The first-order valence-electron chi connectivity index (χ1n) is 7.01. The van der Waals surface area contributed by atoms with Gasteiger partial charge in [0.05, 0.1) is 5.69 Å². The molecule has 4 heteroatoms. The maximum absolute atomic E-state index is 12.2. The fourth-order valence-corrected chi connectivity index (χ4v) is 2.89. The maximum Gasteiger partial charge on any atom is 0.248 e. The number of amides is 1. The van der Waals surface area contributed by atoms with Gasteiger partial charge < -0.3 is 10.6 Å². The Labute approximate surface area is 123 Å². The number of nitrogens with zero attached hydrogens (tertiary/aromatic N) is 1. The van der Waals surface area contributed by atoms with Crippen LogP contribution in [-0.4, -0.2) is 12.5 Å². The zero-order valence-electron chi connectivity index (χ0n) is 11.4. The highest BCUT2D eigenvalue weighted by molar-refractivity contribution is 9.10. The summed E-state index contributed by atoms with van der Waals surface area (Å²) in [5.41, 5.74) is 7.90. The molecule has 2 rings (SSSR count). The molecule has 0 radical (unpaired) electrons. The largest absolute Gasteiger partial charge is 0.316 e. The van der Waals surface area contributed by atoms with Crippen LogP contribution in [0.5, 0.6) is 0 Å². The molecule has 0 fully saturated rings. The van der Waals surface area contributed by atoms with Crippen LogP contribution in [0.25, 0.3) is 0 Å². The second-order valence-corrected chi connectivity index (χ2v) is 6.00. The number of carbonyl (C=O) groups is 1. The Kier molecular flexibility index (Phi) is 4.99. The van der Waals surface area contributed by atoms with Crippen molar-refractivity contribution in [3.05, 3.63) is 28.2 Å². The third kappa shape index (κ3) is 3.18. The fourth-order valence-electron chi connectivity index (χ4n) is 2.54. The zero-order valence-corrected chi connectivity index (χ0v) is 12.9. The molecule has 0 saturated heterocycles. The van der Waals surface area contributed by atoms with Crippen LogP contribution in [0.4, 0.5) is 5.69 Å². The summed E-state index contributed by atoms with van der Waals surface area (Å²) >= 11 is 3.46. The minimum absolute atomic E-state index is 0.0311. The van der Waals surface area contributed by atoms with Crippen molar-refractivity contribution in [2.24, 2.45) is 5.73 Å². The quantitative estimate of drug-likeness (QED) is 0.810. The third-order valence-corrected chi connectivity index (χ3v) is 4.13. The van der Waals surface area contributed by atoms with Crippen molar-refractivity contribution in [2.45, 2.75) is 45.1 Å². The lowest BCUT2D eigenvalue weighted by Gasteiger charge is -2.17. The van der Waals surface area contributed by atoms with Crippen LogP contribution in [-0.2, 0) is 4.79 Å². The molecule has 1 aromatic rings. The second kappa shape index (κ2) is 6.53. The Hall–Kier alpha value is -0.870. The van der Waals surface area contributed by atoms with Gasteiger partial charge in [-0.3, -0.25) is 4.79 Å². The van der Waals surface area contributed by atoms with Gasteiger partial charge in [-0.25, -0.2) is 0 Å². The average Bonchev–Trinajstić information content (AvgIpc) is 2.63. The molecule has 19 heavy (non-hydrogen) atoms. The van der Waals surface area contributed by atoms with Crippen LogP contribution in [0, 0.1) is 0 Å². The van der Waals surface area contributed by atoms with Crippen molar-refractivity contribution < 1.29 is 4.79 Å². The normalized spacial score (nSPS) is 17.9. The van der Waals surface area contributed by atoms with E-state index >= 15 is 0 Å². The highest BCUT2D eigenvalue weighted by atomic mass is 79.9. The number of carbonyl (C=O) groups excluding carboxylic acids is 1. The van der Waals surface area contributed by atoms with E-state index in [1.165, 1.54) is 25.7 Å². The number of nitrogens with two attached hydrogens (primary N) is 1. The molecule has 1 heterocycles. The Morgan fingerprint density at radius 3 is 2.74 bits per heavy atom. The molecule has 0 aromatic heterocycles. The summed E-state index contributed by atoms with van der Waals surface area (Å²) in [7, 11) is 0. The molecule has 104 valence electrons. The van der Waals surface area contributed by atoms with Crippen LogP contribution in [0.2, 0.25) is 0 Å². The van der Waals surface area contributed by atoms with E-state index in [-0.39, 0.29) is 5.91 Å². The van der Waals surface area contributed by atoms with Gasteiger partial charge in [0, 0.05) is 16.6 Å². The van der Waals surface area contributed by atoms with Gasteiger partial charge >= 0.3 is 0 Å². The number of unbranched alkanes of at least 4 members (excludes halogenated alkanes) is 4. The lowest BCUT2D eigenvalue weighted by molar-refractivity contribution is -0.119. The fraction of sp³-hybridized carbons (Fsp3) is 0.533. The monoisotopic (exact) mass is 324 g/mol. The topological polar surface area (TPSA) is 46.3 Å². The Bertz CT molecular complexity index is 461. The second-order valence-electron chi connectivity index (χ2n) is 5.08. The van der Waals surface area contributed by atoms with Crippen LogP contribution in [0.1, 0.15) is 50.6 Å². The SMILES string of the molecule is CCCCCCCN1C(=O)C(N)c2ccc(Br)cc21. The molecule has 0 spiro atoms. The standard InChI is InChI=1S/C15H21BrN2O/c1-2-3-4-5-6-9-18-13-10-11(16)7-8-12(13)14(17)15(18)19/h7-8,10,14H,2-6,9,17H2,1H3. The van der Waals surface area contributed by atoms with Gasteiger partial charge in [0.1, 0.15) is 6.04 Å². The van der Waals surface area contributed by atoms with Gasteiger partial charge in [-0.1, -0.05) is 54.6 Å². The zero-order chi connectivity index (χ0) is 13.8. The smallest absolute Gasteiger partial charge is 0.248 e. The number of hydrogen-bond donors (Lipinski definition) is 1. The highest BCUT2D eigenvalue weighted by Crippen LogP contribution is 2.36. The van der Waals surface area contributed by atoms with Crippen LogP contribution in [0.3, 0.4) is 0 Å². The molecule has 0 aliphatic carbocycles. The van der Waals surface area contributed by atoms with E-state index in [1.54, 1.807) is 0 Å². The lowest BCUT2D eigenvalue weighted by Crippen LogP contribution is -2.32. The van der Waals surface area contributed by atoms with E-state index in [4.69, 9.17) is 5.73 Å². The summed E-state index contributed by atoms with van der Waals surface area (Å²) < 4.78 is 0.990. The number of anilines is 1. The summed E-state index contributed by atoms with van der Waals surface area (Å²) in [6, 6.07) is 5.39. The molecule has 1 unspecified atom stereocenters. The summed E-state index contributed by atoms with van der Waals surface area (Å²) in [6.45, 7) is 2.98. The van der Waals surface area contributed by atoms with Crippen LogP contribution in [0.15, 0.2) is 22.7 Å². The first kappa shape index (κ1) is 14.5. The minimum Gasteiger partial charge on any atom is -0.316 e. The number of hydrogen-bond acceptors (Lipinski definition) is 2. The third-order valence-electron chi connectivity index (χ3n) is 3.64. The molecule has 3 nitrogen and oxygen atoms in total. The van der Waals surface area contributed by atoms with Gasteiger partial charge in [0.2, 0.25) is 5.91 Å². The van der Waals surface area contributed by atoms with Crippen LogP contribution < -0.4 is 10.6 Å². The summed E-state index contributed by atoms with van der Waals surface area (Å²) in [4.78, 5) is 14.0. The van der Waals surface area contributed by atoms with Crippen molar-refractivity contribution >= 4 is 27.5 Å². The van der Waals surface area contributed by atoms with E-state index in [1.807, 2.05) is 23.1 Å². The predicted molar refractivity (Wildman–Crippen MR) is 82.2 cm³/mol. The highest BCUT2D eigenvalue weighted by Gasteiger charge is 2.34. The van der Waals surface area contributed by atoms with E-state index in [9.17, 15) is 4.79 Å². The molecule has 1 aliphatic rings. The molecule has 0 bridgehead atoms. The predicted octanol–water partition coefficient (Wildman–Crippen LogP) is 3.77. The molecule has 1 aromatic carbocycles. The summed E-state index contributed by atoms with van der Waals surface area (Å²) in [5, 5.41) is 0. The number of rotatable bonds is 6. The minimum atomic E-state index is -0.487. The van der Waals surface area contributed by atoms with Gasteiger partial charge in [0.25, 0.3) is 0 Å². The Morgan fingerprint density at radius 2 is 2.00 bits per heavy atom. The lowest BCUT2D eigenvalue weighted by atomic mass is 10.1.